The maximum atomic E-state index is 12.1. The predicted molar refractivity (Wildman–Crippen MR) is 62.9 cm³/mol. The first-order valence-corrected chi connectivity index (χ1v) is 5.49. The van der Waals surface area contributed by atoms with E-state index in [2.05, 4.69) is 10.1 Å². The van der Waals surface area contributed by atoms with E-state index in [4.69, 9.17) is 4.42 Å². The Bertz CT molecular complexity index is 756. The van der Waals surface area contributed by atoms with Gasteiger partial charge >= 0.3 is 0 Å². The minimum absolute atomic E-state index is 0.147. The van der Waals surface area contributed by atoms with Crippen LogP contribution in [-0.4, -0.2) is 20.7 Å². The lowest BCUT2D eigenvalue weighted by Crippen LogP contribution is -2.07. The van der Waals surface area contributed by atoms with Crippen molar-refractivity contribution in [2.45, 2.75) is 0 Å². The first-order valence-electron chi connectivity index (χ1n) is 5.49. The van der Waals surface area contributed by atoms with Crippen molar-refractivity contribution >= 4 is 5.91 Å². The first-order chi connectivity index (χ1) is 8.84. The number of aromatic nitrogens is 3. The molecule has 3 heterocycles. The van der Waals surface area contributed by atoms with Crippen LogP contribution < -0.4 is 0 Å². The first kappa shape index (κ1) is 9.35. The second-order valence-electron chi connectivity index (χ2n) is 4.00. The van der Waals surface area contributed by atoms with E-state index in [9.17, 15) is 4.79 Å². The number of nitrogens with zero attached hydrogens (tertiary/aromatic N) is 3. The number of fused-ring (bicyclic) bond motifs is 3. The summed E-state index contributed by atoms with van der Waals surface area (Å²) < 4.78 is 6.55. The molecule has 0 fully saturated rings. The highest BCUT2D eigenvalue weighted by Crippen LogP contribution is 2.31. The zero-order valence-corrected chi connectivity index (χ0v) is 9.20. The molecule has 5 heteroatoms. The Morgan fingerprint density at radius 2 is 1.89 bits per heavy atom. The maximum Gasteiger partial charge on any atom is 0.280 e. The van der Waals surface area contributed by atoms with Crippen molar-refractivity contribution < 1.29 is 9.21 Å². The van der Waals surface area contributed by atoms with Crippen LogP contribution in [-0.2, 0) is 0 Å². The van der Waals surface area contributed by atoms with Crippen LogP contribution in [0.25, 0.3) is 23.0 Å². The fourth-order valence-electron chi connectivity index (χ4n) is 2.12. The molecule has 0 unspecified atom stereocenters. The van der Waals surface area contributed by atoms with E-state index in [1.165, 1.54) is 4.68 Å². The highest BCUT2D eigenvalue weighted by Gasteiger charge is 2.30. The van der Waals surface area contributed by atoms with Gasteiger partial charge in [0, 0.05) is 5.56 Å². The molecule has 0 saturated heterocycles. The highest BCUT2D eigenvalue weighted by atomic mass is 16.3. The number of benzene rings is 1. The lowest BCUT2D eigenvalue weighted by molar-refractivity contribution is 0.0955. The molecule has 0 bridgehead atoms. The normalized spacial score (nSPS) is 12.6. The molecule has 18 heavy (non-hydrogen) atoms. The average molecular weight is 237 g/mol. The molecule has 3 aromatic rings. The van der Waals surface area contributed by atoms with Crippen molar-refractivity contribution in [1.82, 2.24) is 14.8 Å². The van der Waals surface area contributed by atoms with Gasteiger partial charge in [-0.1, -0.05) is 18.2 Å². The molecule has 0 N–H and O–H groups in total. The van der Waals surface area contributed by atoms with Crippen LogP contribution in [0.5, 0.6) is 0 Å². The molecule has 0 saturated carbocycles. The quantitative estimate of drug-likeness (QED) is 0.509. The van der Waals surface area contributed by atoms with Crippen LogP contribution in [0.2, 0.25) is 0 Å². The van der Waals surface area contributed by atoms with Gasteiger partial charge in [-0.2, -0.15) is 4.68 Å². The number of hydrogen-bond donors (Lipinski definition) is 0. The second kappa shape index (κ2) is 3.16. The van der Waals surface area contributed by atoms with Gasteiger partial charge in [0.25, 0.3) is 5.91 Å². The number of hydrogen-bond acceptors (Lipinski definition) is 4. The van der Waals surface area contributed by atoms with Crippen LogP contribution in [0.4, 0.5) is 0 Å². The van der Waals surface area contributed by atoms with Gasteiger partial charge in [-0.15, -0.1) is 5.10 Å². The number of furan rings is 1. The van der Waals surface area contributed by atoms with Crippen molar-refractivity contribution in [3.63, 3.8) is 0 Å². The number of carbonyl (C=O) groups excluding carboxylic acids is 1. The average Bonchev–Trinajstić information content (AvgIpc) is 3.09. The zero-order valence-electron chi connectivity index (χ0n) is 9.20. The van der Waals surface area contributed by atoms with E-state index >= 15 is 0 Å². The molecule has 4 rings (SSSR count). The third-order valence-corrected chi connectivity index (χ3v) is 2.94. The van der Waals surface area contributed by atoms with E-state index in [0.717, 1.165) is 5.56 Å². The molecule has 0 spiro atoms. The largest absolute Gasteiger partial charge is 0.461 e. The second-order valence-corrected chi connectivity index (χ2v) is 4.00. The van der Waals surface area contributed by atoms with Gasteiger partial charge in [0.1, 0.15) is 0 Å². The van der Waals surface area contributed by atoms with Crippen LogP contribution in [0, 0.1) is 0 Å². The molecule has 1 aromatic carbocycles. The molecule has 0 atom stereocenters. The van der Waals surface area contributed by atoms with Crippen LogP contribution in [0.15, 0.2) is 47.1 Å². The monoisotopic (exact) mass is 237 g/mol. The standard InChI is InChI=1S/C13H7N3O2/c17-13-9-5-2-1-4-8(9)12-14-11(15-16(12)13)10-6-3-7-18-10/h1-7H. The Morgan fingerprint density at radius 1 is 1.06 bits per heavy atom. The molecule has 5 nitrogen and oxygen atoms in total. The van der Waals surface area contributed by atoms with Gasteiger partial charge in [0.15, 0.2) is 11.6 Å². The smallest absolute Gasteiger partial charge is 0.280 e. The Kier molecular flexibility index (Phi) is 1.64. The summed E-state index contributed by atoms with van der Waals surface area (Å²) in [5, 5.41) is 4.19. The molecular weight excluding hydrogens is 230 g/mol. The van der Waals surface area contributed by atoms with Gasteiger partial charge in [-0.3, -0.25) is 4.79 Å². The van der Waals surface area contributed by atoms with E-state index in [0.29, 0.717) is 23.0 Å². The van der Waals surface area contributed by atoms with E-state index in [-0.39, 0.29) is 5.91 Å². The molecule has 2 aromatic heterocycles. The van der Waals surface area contributed by atoms with E-state index < -0.39 is 0 Å². The van der Waals surface area contributed by atoms with Gasteiger partial charge < -0.3 is 4.42 Å². The fourth-order valence-corrected chi connectivity index (χ4v) is 2.12. The maximum absolute atomic E-state index is 12.1. The predicted octanol–water partition coefficient (Wildman–Crippen LogP) is 2.21. The summed E-state index contributed by atoms with van der Waals surface area (Å²) in [6.45, 7) is 0. The van der Waals surface area contributed by atoms with Crippen molar-refractivity contribution in [3.05, 3.63) is 48.2 Å². The van der Waals surface area contributed by atoms with Crippen LogP contribution in [0.3, 0.4) is 0 Å². The molecule has 0 radical (unpaired) electrons. The van der Waals surface area contributed by atoms with Gasteiger partial charge in [0.2, 0.25) is 5.82 Å². The summed E-state index contributed by atoms with van der Waals surface area (Å²) in [6.07, 6.45) is 1.55. The Balaban J connectivity index is 1.96. The fraction of sp³-hybridized carbons (Fsp3) is 0. The molecule has 1 aliphatic heterocycles. The van der Waals surface area contributed by atoms with Crippen molar-refractivity contribution in [2.24, 2.45) is 0 Å². The molecular formula is C13H7N3O2. The third kappa shape index (κ3) is 1.08. The Hall–Kier alpha value is -2.69. The van der Waals surface area contributed by atoms with Gasteiger partial charge in [-0.05, 0) is 18.2 Å². The summed E-state index contributed by atoms with van der Waals surface area (Å²) in [5.74, 6) is 1.41. The Labute approximate surface area is 102 Å². The lowest BCUT2D eigenvalue weighted by Gasteiger charge is -1.94. The summed E-state index contributed by atoms with van der Waals surface area (Å²) in [7, 11) is 0. The SMILES string of the molecule is O=C1c2ccccc2-c2nc(-c3ccco3)nn21. The highest BCUT2D eigenvalue weighted by molar-refractivity contribution is 6.07. The topological polar surface area (TPSA) is 60.9 Å². The molecule has 1 aliphatic rings. The molecule has 0 amide bonds. The Morgan fingerprint density at radius 3 is 2.67 bits per heavy atom. The third-order valence-electron chi connectivity index (χ3n) is 2.94. The van der Waals surface area contributed by atoms with E-state index in [1.54, 1.807) is 24.5 Å². The minimum Gasteiger partial charge on any atom is -0.461 e. The summed E-state index contributed by atoms with van der Waals surface area (Å²) in [4.78, 5) is 16.5. The van der Waals surface area contributed by atoms with Crippen molar-refractivity contribution in [3.8, 4) is 23.0 Å². The zero-order chi connectivity index (χ0) is 12.1. The minimum atomic E-state index is -0.147. The molecule has 86 valence electrons. The van der Waals surface area contributed by atoms with Gasteiger partial charge in [-0.25, -0.2) is 4.98 Å². The van der Waals surface area contributed by atoms with Gasteiger partial charge in [0.05, 0.1) is 11.8 Å². The van der Waals surface area contributed by atoms with Crippen molar-refractivity contribution in [2.75, 3.05) is 0 Å². The van der Waals surface area contributed by atoms with Crippen LogP contribution in [0.1, 0.15) is 10.4 Å². The summed E-state index contributed by atoms with van der Waals surface area (Å²) in [5.41, 5.74) is 1.45. The summed E-state index contributed by atoms with van der Waals surface area (Å²) >= 11 is 0. The summed E-state index contributed by atoms with van der Waals surface area (Å²) in [6, 6.07) is 10.9. The number of rotatable bonds is 1. The van der Waals surface area contributed by atoms with E-state index in [1.807, 2.05) is 18.2 Å². The number of carbonyl (C=O) groups is 1. The molecule has 0 aliphatic carbocycles. The van der Waals surface area contributed by atoms with Crippen LogP contribution >= 0.6 is 0 Å². The lowest BCUT2D eigenvalue weighted by atomic mass is 10.1. The van der Waals surface area contributed by atoms with Crippen molar-refractivity contribution in [1.29, 1.82) is 0 Å².